The number of nitrogen functional groups attached to an aromatic ring is 1. The van der Waals surface area contributed by atoms with Gasteiger partial charge in [-0.25, -0.2) is 9.78 Å². The molecule has 5 N–H and O–H groups in total. The first-order chi connectivity index (χ1) is 22.6. The number of rotatable bonds is 12. The lowest BCUT2D eigenvalue weighted by atomic mass is 10.0. The number of pyridine rings is 1. The average Bonchev–Trinajstić information content (AvgIpc) is 3.00. The Morgan fingerprint density at radius 2 is 1.65 bits per heavy atom. The summed E-state index contributed by atoms with van der Waals surface area (Å²) in [6.07, 6.45) is 2.13. The molecule has 0 aliphatic rings. The molecule has 0 saturated heterocycles. The van der Waals surface area contributed by atoms with Crippen molar-refractivity contribution in [2.75, 3.05) is 16.1 Å². The van der Waals surface area contributed by atoms with Crippen molar-refractivity contribution < 1.29 is 29.1 Å². The third-order valence-corrected chi connectivity index (χ3v) is 7.02. The first-order valence-electron chi connectivity index (χ1n) is 15.9. The van der Waals surface area contributed by atoms with E-state index in [-0.39, 0.29) is 24.7 Å². The number of amides is 2. The number of carboxylic acid groups (broad SMARTS) is 1. The van der Waals surface area contributed by atoms with Gasteiger partial charge in [0.25, 0.3) is 0 Å². The van der Waals surface area contributed by atoms with Crippen molar-refractivity contribution in [2.24, 2.45) is 0 Å². The van der Waals surface area contributed by atoms with Crippen molar-refractivity contribution in [3.05, 3.63) is 95.7 Å². The average molecular weight is 656 g/mol. The lowest BCUT2D eigenvalue weighted by Gasteiger charge is -2.31. The van der Waals surface area contributed by atoms with E-state index < -0.39 is 29.3 Å². The number of carboxylic acids is 1. The normalized spacial score (nSPS) is 12.3. The molecule has 0 spiro atoms. The second-order valence-corrected chi connectivity index (χ2v) is 13.6. The maximum Gasteiger partial charge on any atom is 0.440 e. The van der Waals surface area contributed by atoms with Crippen molar-refractivity contribution in [1.82, 2.24) is 10.3 Å². The Morgan fingerprint density at radius 3 is 2.29 bits per heavy atom. The van der Waals surface area contributed by atoms with Crippen molar-refractivity contribution in [2.45, 2.75) is 84.6 Å². The van der Waals surface area contributed by atoms with E-state index >= 15 is 0 Å². The van der Waals surface area contributed by atoms with Gasteiger partial charge in [-0.3, -0.25) is 14.4 Å². The van der Waals surface area contributed by atoms with Crippen LogP contribution in [0, 0.1) is 0 Å². The minimum atomic E-state index is -0.828. The molecule has 0 radical (unpaired) electrons. The van der Waals surface area contributed by atoms with Gasteiger partial charge in [0.15, 0.2) is 5.82 Å². The number of nitrogens with two attached hydrogens (primary N) is 1. The first kappa shape index (κ1) is 35.7. The maximum atomic E-state index is 13.7. The number of ether oxygens (including phenoxy) is 1. The summed E-state index contributed by atoms with van der Waals surface area (Å²) in [6.45, 7) is 11.1. The molecule has 1 heterocycles. The molecule has 1 aromatic heterocycles. The molecule has 254 valence electrons. The predicted molar refractivity (Wildman–Crippen MR) is 187 cm³/mol. The number of aryl methyl sites for hydroxylation is 1. The minimum absolute atomic E-state index is 0.0927. The summed E-state index contributed by atoms with van der Waals surface area (Å²) >= 11 is 0. The van der Waals surface area contributed by atoms with Crippen molar-refractivity contribution >= 4 is 45.9 Å². The van der Waals surface area contributed by atoms with E-state index in [1.54, 1.807) is 33.0 Å². The third-order valence-electron chi connectivity index (χ3n) is 7.02. The van der Waals surface area contributed by atoms with Crippen LogP contribution in [-0.2, 0) is 32.1 Å². The molecule has 0 bridgehead atoms. The molecule has 0 saturated carbocycles. The van der Waals surface area contributed by atoms with E-state index in [9.17, 15) is 14.4 Å². The van der Waals surface area contributed by atoms with Gasteiger partial charge in [-0.2, -0.15) is 0 Å². The number of nitrogens with one attached hydrogen (secondary N) is 2. The van der Waals surface area contributed by atoms with E-state index in [2.05, 4.69) is 15.6 Å². The van der Waals surface area contributed by atoms with E-state index in [1.165, 1.54) is 0 Å². The molecule has 2 amide bonds. The summed E-state index contributed by atoms with van der Waals surface area (Å²) in [5, 5.41) is 17.9. The monoisotopic (exact) mass is 655 g/mol. The Morgan fingerprint density at radius 1 is 0.917 bits per heavy atom. The minimum Gasteiger partial charge on any atom is -0.481 e. The number of carbonyl (C=O) groups is 3. The van der Waals surface area contributed by atoms with Crippen molar-refractivity contribution in [3.8, 4) is 0 Å². The summed E-state index contributed by atoms with van der Waals surface area (Å²) in [5.74, 6) is -0.801. The molecule has 48 heavy (non-hydrogen) atoms. The molecule has 1 unspecified atom stereocenters. The SMILES string of the molecule is CC(C)(C)OC(=O)N(OC(C)(C)C)c1nccc2cc(NC(C(=O)NCc3cccc(N)c3)c3ccc(CCCC(=O)O)cc3)ccc12. The van der Waals surface area contributed by atoms with Crippen LogP contribution in [0.5, 0.6) is 0 Å². The summed E-state index contributed by atoms with van der Waals surface area (Å²) < 4.78 is 5.63. The number of carbonyl (C=O) groups excluding carboxylic acids is 2. The molecule has 0 fully saturated rings. The van der Waals surface area contributed by atoms with Gasteiger partial charge in [-0.05, 0) is 113 Å². The van der Waals surface area contributed by atoms with Crippen LogP contribution in [0.15, 0.2) is 79.0 Å². The standard InChI is InChI=1S/C37H45N5O6/c1-36(2,3)47-35(46)42(48-37(4,5)6)33-30-18-17-29(22-27(30)19-20-39-33)41-32(34(45)40-23-25-10-7-11-28(38)21-25)26-15-13-24(14-16-26)9-8-12-31(43)44/h7,10-11,13-22,32,41H,8-9,12,23,38H2,1-6H3,(H,40,45)(H,43,44). The highest BCUT2D eigenvalue weighted by atomic mass is 16.7. The number of anilines is 3. The fourth-order valence-corrected chi connectivity index (χ4v) is 4.94. The highest BCUT2D eigenvalue weighted by Crippen LogP contribution is 2.31. The first-order valence-corrected chi connectivity index (χ1v) is 15.9. The molecule has 4 rings (SSSR count). The van der Waals surface area contributed by atoms with Gasteiger partial charge >= 0.3 is 12.1 Å². The Hall–Kier alpha value is -5.16. The van der Waals surface area contributed by atoms with Gasteiger partial charge in [0, 0.05) is 35.9 Å². The number of hydroxylamine groups is 1. The largest absolute Gasteiger partial charge is 0.481 e. The number of fused-ring (bicyclic) bond motifs is 1. The quantitative estimate of drug-likeness (QED) is 0.0918. The molecular weight excluding hydrogens is 610 g/mol. The van der Waals surface area contributed by atoms with Crippen LogP contribution in [0.2, 0.25) is 0 Å². The van der Waals surface area contributed by atoms with E-state index in [0.717, 1.165) is 27.1 Å². The Kier molecular flexibility index (Phi) is 11.3. The van der Waals surface area contributed by atoms with Gasteiger partial charge < -0.3 is 26.2 Å². The van der Waals surface area contributed by atoms with Crippen molar-refractivity contribution in [3.63, 3.8) is 0 Å². The molecule has 3 aromatic carbocycles. The molecule has 11 nitrogen and oxygen atoms in total. The van der Waals surface area contributed by atoms with Crippen LogP contribution in [0.25, 0.3) is 10.8 Å². The molecular formula is C37H45N5O6. The van der Waals surface area contributed by atoms with Gasteiger partial charge in [-0.1, -0.05) is 36.4 Å². The van der Waals surface area contributed by atoms with Gasteiger partial charge in [0.2, 0.25) is 5.91 Å². The highest BCUT2D eigenvalue weighted by Gasteiger charge is 2.31. The number of hydrogen-bond acceptors (Lipinski definition) is 8. The van der Waals surface area contributed by atoms with E-state index in [1.807, 2.05) is 87.5 Å². The van der Waals surface area contributed by atoms with Crippen molar-refractivity contribution in [1.29, 1.82) is 0 Å². The van der Waals surface area contributed by atoms with Crippen LogP contribution in [0.4, 0.5) is 22.0 Å². The Bertz CT molecular complexity index is 1740. The topological polar surface area (TPSA) is 156 Å². The lowest BCUT2D eigenvalue weighted by molar-refractivity contribution is -0.137. The zero-order valence-corrected chi connectivity index (χ0v) is 28.4. The fourth-order valence-electron chi connectivity index (χ4n) is 4.94. The van der Waals surface area contributed by atoms with Crippen LogP contribution in [0.1, 0.15) is 77.1 Å². The Labute approximate surface area is 281 Å². The zero-order valence-electron chi connectivity index (χ0n) is 28.4. The zero-order chi connectivity index (χ0) is 35.1. The summed E-state index contributed by atoms with van der Waals surface area (Å²) in [4.78, 5) is 48.4. The molecule has 0 aliphatic heterocycles. The number of benzene rings is 3. The third kappa shape index (κ3) is 10.4. The van der Waals surface area contributed by atoms with Crippen LogP contribution >= 0.6 is 0 Å². The van der Waals surface area contributed by atoms with Crippen LogP contribution < -0.4 is 21.4 Å². The van der Waals surface area contributed by atoms with Crippen LogP contribution in [-0.4, -0.2) is 39.3 Å². The smallest absolute Gasteiger partial charge is 0.440 e. The van der Waals surface area contributed by atoms with Crippen LogP contribution in [0.3, 0.4) is 0 Å². The predicted octanol–water partition coefficient (Wildman–Crippen LogP) is 7.17. The number of aliphatic carboxylic acids is 1. The molecule has 11 heteroatoms. The van der Waals surface area contributed by atoms with E-state index in [4.69, 9.17) is 20.4 Å². The fraction of sp³-hybridized carbons (Fsp3) is 0.351. The van der Waals surface area contributed by atoms with Gasteiger partial charge in [0.05, 0.1) is 5.60 Å². The summed E-state index contributed by atoms with van der Waals surface area (Å²) in [5.41, 5.74) is 8.31. The Balaban J connectivity index is 1.64. The highest BCUT2D eigenvalue weighted by molar-refractivity contribution is 6.00. The molecule has 0 aliphatic carbocycles. The second kappa shape index (κ2) is 15.2. The molecule has 1 atom stereocenters. The van der Waals surface area contributed by atoms with E-state index in [0.29, 0.717) is 29.6 Å². The maximum absolute atomic E-state index is 13.7. The van der Waals surface area contributed by atoms with Gasteiger partial charge in [-0.15, -0.1) is 5.06 Å². The number of nitrogens with zero attached hydrogens (tertiary/aromatic N) is 2. The summed E-state index contributed by atoms with van der Waals surface area (Å²) in [6, 6.07) is 21.5. The number of aromatic nitrogens is 1. The summed E-state index contributed by atoms with van der Waals surface area (Å²) in [7, 11) is 0. The second-order valence-electron chi connectivity index (χ2n) is 13.6. The molecule has 4 aromatic rings. The lowest BCUT2D eigenvalue weighted by Crippen LogP contribution is -2.42. The van der Waals surface area contributed by atoms with Gasteiger partial charge in [0.1, 0.15) is 11.6 Å². The number of hydrogen-bond donors (Lipinski definition) is 4.